The van der Waals surface area contributed by atoms with Crippen molar-refractivity contribution in [2.24, 2.45) is 0 Å². The third-order valence-corrected chi connectivity index (χ3v) is 12.3. The number of rotatable bonds is 5. The maximum absolute atomic E-state index is 6.38. The van der Waals surface area contributed by atoms with E-state index < -0.39 is 0 Å². The summed E-state index contributed by atoms with van der Waals surface area (Å²) >= 11 is 0. The molecular formula is C54H37N3O. The molecule has 0 atom stereocenters. The molecule has 4 heteroatoms. The van der Waals surface area contributed by atoms with Crippen LogP contribution < -0.4 is 4.90 Å². The van der Waals surface area contributed by atoms with Crippen LogP contribution in [0.4, 0.5) is 17.1 Å². The first-order valence-corrected chi connectivity index (χ1v) is 20.0. The maximum Gasteiger partial charge on any atom is 0.227 e. The molecule has 0 saturated heterocycles. The van der Waals surface area contributed by atoms with Crippen molar-refractivity contribution in [3.63, 3.8) is 0 Å². The summed E-state index contributed by atoms with van der Waals surface area (Å²) in [5, 5.41) is 7.38. The summed E-state index contributed by atoms with van der Waals surface area (Å²) in [7, 11) is 0. The van der Waals surface area contributed by atoms with Crippen LogP contribution in [0.15, 0.2) is 192 Å². The summed E-state index contributed by atoms with van der Waals surface area (Å²) in [4.78, 5) is 7.30. The highest BCUT2D eigenvalue weighted by Gasteiger charge is 2.37. The molecule has 9 aromatic carbocycles. The van der Waals surface area contributed by atoms with Crippen molar-refractivity contribution in [3.05, 3.63) is 199 Å². The lowest BCUT2D eigenvalue weighted by Gasteiger charge is -2.26. The molecule has 1 aliphatic rings. The Bertz CT molecular complexity index is 3420. The Hall–Kier alpha value is -7.43. The first-order valence-electron chi connectivity index (χ1n) is 20.0. The molecule has 0 amide bonds. The number of para-hydroxylation sites is 3. The van der Waals surface area contributed by atoms with Gasteiger partial charge in [0.15, 0.2) is 5.58 Å². The molecule has 12 rings (SSSR count). The SMILES string of the molecule is CC1(C)c2cc3ccc4cc(N(c5ccccc5)c5ccc6c(c5)c5ccccc5n6-c5ccccc5)ccc4c3cc2-c2cc3oc(-c4ccccc4)nc3cc21. The monoisotopic (exact) mass is 743 g/mol. The van der Waals surface area contributed by atoms with E-state index in [1.54, 1.807) is 0 Å². The minimum atomic E-state index is -0.178. The molecule has 0 unspecified atom stereocenters. The van der Waals surface area contributed by atoms with E-state index in [0.717, 1.165) is 39.4 Å². The summed E-state index contributed by atoms with van der Waals surface area (Å²) < 4.78 is 8.75. The largest absolute Gasteiger partial charge is 0.436 e. The third kappa shape index (κ3) is 4.85. The van der Waals surface area contributed by atoms with E-state index in [9.17, 15) is 0 Å². The molecule has 0 N–H and O–H groups in total. The summed E-state index contributed by atoms with van der Waals surface area (Å²) in [6.45, 7) is 4.66. The van der Waals surface area contributed by atoms with Gasteiger partial charge in [-0.15, -0.1) is 0 Å². The molecule has 0 bridgehead atoms. The van der Waals surface area contributed by atoms with Gasteiger partial charge in [-0.3, -0.25) is 0 Å². The predicted octanol–water partition coefficient (Wildman–Crippen LogP) is 14.7. The Labute approximate surface area is 335 Å². The number of aromatic nitrogens is 2. The van der Waals surface area contributed by atoms with E-state index in [1.165, 1.54) is 65.6 Å². The zero-order valence-corrected chi connectivity index (χ0v) is 32.1. The van der Waals surface area contributed by atoms with E-state index in [2.05, 4.69) is 181 Å². The van der Waals surface area contributed by atoms with Crippen LogP contribution in [0.5, 0.6) is 0 Å². The number of anilines is 3. The van der Waals surface area contributed by atoms with Gasteiger partial charge in [0.05, 0.1) is 11.0 Å². The summed E-state index contributed by atoms with van der Waals surface area (Å²) in [6, 6.07) is 67.9. The molecule has 0 spiro atoms. The topological polar surface area (TPSA) is 34.2 Å². The smallest absolute Gasteiger partial charge is 0.227 e. The molecule has 0 fully saturated rings. The predicted molar refractivity (Wildman–Crippen MR) is 241 cm³/mol. The Morgan fingerprint density at radius 3 is 1.93 bits per heavy atom. The highest BCUT2D eigenvalue weighted by atomic mass is 16.3. The van der Waals surface area contributed by atoms with Gasteiger partial charge in [-0.1, -0.05) is 105 Å². The van der Waals surface area contributed by atoms with Crippen LogP contribution in [0, 0.1) is 0 Å². The molecular weight excluding hydrogens is 707 g/mol. The van der Waals surface area contributed by atoms with Crippen molar-refractivity contribution in [2.45, 2.75) is 19.3 Å². The lowest BCUT2D eigenvalue weighted by atomic mass is 9.81. The number of hydrogen-bond donors (Lipinski definition) is 0. The van der Waals surface area contributed by atoms with Gasteiger partial charge in [-0.05, 0) is 141 Å². The average Bonchev–Trinajstić information content (AvgIpc) is 3.91. The van der Waals surface area contributed by atoms with Crippen LogP contribution in [0.1, 0.15) is 25.0 Å². The number of hydrogen-bond acceptors (Lipinski definition) is 3. The fraction of sp³-hybridized carbons (Fsp3) is 0.0556. The van der Waals surface area contributed by atoms with E-state index in [0.29, 0.717) is 5.89 Å². The van der Waals surface area contributed by atoms with Gasteiger partial charge in [0, 0.05) is 44.5 Å². The van der Waals surface area contributed by atoms with Gasteiger partial charge in [0.2, 0.25) is 5.89 Å². The Balaban J connectivity index is 1.00. The van der Waals surface area contributed by atoms with Gasteiger partial charge in [-0.2, -0.15) is 0 Å². The molecule has 2 aromatic heterocycles. The van der Waals surface area contributed by atoms with Crippen molar-refractivity contribution >= 4 is 71.5 Å². The fourth-order valence-electron chi connectivity index (χ4n) is 9.52. The Kier molecular flexibility index (Phi) is 6.94. The zero-order valence-electron chi connectivity index (χ0n) is 32.1. The number of benzene rings is 9. The summed E-state index contributed by atoms with van der Waals surface area (Å²) in [5.74, 6) is 0.654. The molecule has 4 nitrogen and oxygen atoms in total. The summed E-state index contributed by atoms with van der Waals surface area (Å²) in [6.07, 6.45) is 0. The lowest BCUT2D eigenvalue weighted by Crippen LogP contribution is -2.14. The summed E-state index contributed by atoms with van der Waals surface area (Å²) in [5.41, 5.74) is 14.5. The number of oxazole rings is 1. The van der Waals surface area contributed by atoms with E-state index in [1.807, 2.05) is 30.3 Å². The number of nitrogens with zero attached hydrogens (tertiary/aromatic N) is 3. The van der Waals surface area contributed by atoms with Gasteiger partial charge in [0.1, 0.15) is 5.52 Å². The quantitative estimate of drug-likeness (QED) is 0.165. The lowest BCUT2D eigenvalue weighted by molar-refractivity contribution is 0.619. The molecule has 2 heterocycles. The molecule has 0 aliphatic heterocycles. The standard InChI is InChI=1S/C54H37N3O/c1-54(2)47-29-36-23-22-35-28-39(24-26-41(35)43(36)31-44(47)45-32-52-49(33-48(45)54)55-53(58-52)34-14-6-3-7-15-34)56(37-16-8-4-9-17-37)40-25-27-51-46(30-40)42-20-12-13-21-50(42)57(51)38-18-10-5-11-19-38/h3-33H,1-2H3. The van der Waals surface area contributed by atoms with Crippen LogP contribution in [0.3, 0.4) is 0 Å². The van der Waals surface area contributed by atoms with Crippen molar-refractivity contribution < 1.29 is 4.42 Å². The first-order chi connectivity index (χ1) is 28.5. The van der Waals surface area contributed by atoms with Gasteiger partial charge in [-0.25, -0.2) is 4.98 Å². The highest BCUT2D eigenvalue weighted by Crippen LogP contribution is 2.52. The van der Waals surface area contributed by atoms with Crippen molar-refractivity contribution in [1.82, 2.24) is 9.55 Å². The molecule has 0 saturated carbocycles. The molecule has 0 radical (unpaired) electrons. The van der Waals surface area contributed by atoms with Crippen LogP contribution in [0.25, 0.3) is 82.7 Å². The number of fused-ring (bicyclic) bond motifs is 10. The zero-order chi connectivity index (χ0) is 38.5. The first kappa shape index (κ1) is 32.8. The second-order valence-corrected chi connectivity index (χ2v) is 16.0. The van der Waals surface area contributed by atoms with Crippen molar-refractivity contribution in [2.75, 3.05) is 4.90 Å². The Morgan fingerprint density at radius 1 is 0.483 bits per heavy atom. The minimum absolute atomic E-state index is 0.178. The molecule has 58 heavy (non-hydrogen) atoms. The van der Waals surface area contributed by atoms with Crippen LogP contribution in [-0.4, -0.2) is 9.55 Å². The van der Waals surface area contributed by atoms with Crippen molar-refractivity contribution in [3.8, 4) is 28.3 Å². The van der Waals surface area contributed by atoms with Gasteiger partial charge >= 0.3 is 0 Å². The van der Waals surface area contributed by atoms with Crippen molar-refractivity contribution in [1.29, 1.82) is 0 Å². The molecule has 1 aliphatic carbocycles. The maximum atomic E-state index is 6.38. The Morgan fingerprint density at radius 2 is 1.12 bits per heavy atom. The molecule has 274 valence electrons. The van der Waals surface area contributed by atoms with Crippen LogP contribution >= 0.6 is 0 Å². The third-order valence-electron chi connectivity index (χ3n) is 12.3. The van der Waals surface area contributed by atoms with Gasteiger partial charge in [0.25, 0.3) is 0 Å². The van der Waals surface area contributed by atoms with E-state index in [4.69, 9.17) is 9.40 Å². The average molecular weight is 744 g/mol. The minimum Gasteiger partial charge on any atom is -0.436 e. The molecule has 11 aromatic rings. The van der Waals surface area contributed by atoms with Crippen LogP contribution in [0.2, 0.25) is 0 Å². The van der Waals surface area contributed by atoms with E-state index >= 15 is 0 Å². The highest BCUT2D eigenvalue weighted by molar-refractivity contribution is 6.13. The van der Waals surface area contributed by atoms with Gasteiger partial charge < -0.3 is 13.9 Å². The normalized spacial score (nSPS) is 13.1. The fourth-order valence-corrected chi connectivity index (χ4v) is 9.52. The second kappa shape index (κ2) is 12.3. The van der Waals surface area contributed by atoms with E-state index in [-0.39, 0.29) is 5.41 Å². The second-order valence-electron chi connectivity index (χ2n) is 16.0. The van der Waals surface area contributed by atoms with Crippen LogP contribution in [-0.2, 0) is 5.41 Å².